The zero-order chi connectivity index (χ0) is 15.5. The molecule has 1 fully saturated rings. The molecule has 1 aliphatic carbocycles. The molecular formula is C15H23N3O3. The minimum atomic E-state index is -0.686. The van der Waals surface area contributed by atoms with Gasteiger partial charge in [0.2, 0.25) is 5.91 Å². The molecule has 0 aromatic heterocycles. The van der Waals surface area contributed by atoms with E-state index in [2.05, 4.69) is 5.32 Å². The van der Waals surface area contributed by atoms with Gasteiger partial charge in [0.25, 0.3) is 0 Å². The molecule has 2 rings (SSSR count). The maximum Gasteiger partial charge on any atom is 0.244 e. The minimum Gasteiger partial charge on any atom is -0.493 e. The standard InChI is InChI=1S/C15H23N3O3/c1-18(2)8-9-21-12-5-4-11(10-13(12)20-3)17-14(19)15(16)6-7-15/h4-5,10H,6-9,16H2,1-3H3,(H,17,19). The van der Waals surface area contributed by atoms with E-state index in [1.807, 2.05) is 19.0 Å². The Morgan fingerprint density at radius 3 is 2.67 bits per heavy atom. The van der Waals surface area contributed by atoms with Crippen molar-refractivity contribution in [1.82, 2.24) is 4.90 Å². The quantitative estimate of drug-likeness (QED) is 0.786. The van der Waals surface area contributed by atoms with E-state index in [9.17, 15) is 4.79 Å². The Hall–Kier alpha value is -1.79. The fraction of sp³-hybridized carbons (Fsp3) is 0.533. The summed E-state index contributed by atoms with van der Waals surface area (Å²) in [5, 5.41) is 2.81. The van der Waals surface area contributed by atoms with Crippen molar-refractivity contribution >= 4 is 11.6 Å². The van der Waals surface area contributed by atoms with E-state index >= 15 is 0 Å². The number of ether oxygens (including phenoxy) is 2. The van der Waals surface area contributed by atoms with E-state index in [1.54, 1.807) is 25.3 Å². The Bertz CT molecular complexity index is 513. The fourth-order valence-electron chi connectivity index (χ4n) is 1.82. The summed E-state index contributed by atoms with van der Waals surface area (Å²) in [5.41, 5.74) is 5.83. The van der Waals surface area contributed by atoms with Crippen LogP contribution in [0.2, 0.25) is 0 Å². The Morgan fingerprint density at radius 1 is 1.38 bits per heavy atom. The highest BCUT2D eigenvalue weighted by atomic mass is 16.5. The maximum absolute atomic E-state index is 11.9. The molecule has 1 aliphatic rings. The van der Waals surface area contributed by atoms with Gasteiger partial charge >= 0.3 is 0 Å². The fourth-order valence-corrected chi connectivity index (χ4v) is 1.82. The van der Waals surface area contributed by atoms with Crippen molar-refractivity contribution < 1.29 is 14.3 Å². The summed E-state index contributed by atoms with van der Waals surface area (Å²) < 4.78 is 11.0. The Kier molecular flexibility index (Phi) is 4.69. The first kappa shape index (κ1) is 15.6. The van der Waals surface area contributed by atoms with E-state index in [1.165, 1.54) is 0 Å². The van der Waals surface area contributed by atoms with Crippen molar-refractivity contribution in [2.24, 2.45) is 5.73 Å². The summed E-state index contributed by atoms with van der Waals surface area (Å²) in [6.07, 6.45) is 1.48. The molecule has 0 unspecified atom stereocenters. The number of carbonyl (C=O) groups is 1. The smallest absolute Gasteiger partial charge is 0.244 e. The molecule has 6 nitrogen and oxygen atoms in total. The van der Waals surface area contributed by atoms with Crippen molar-refractivity contribution in [2.75, 3.05) is 39.7 Å². The van der Waals surface area contributed by atoms with Crippen LogP contribution in [0.1, 0.15) is 12.8 Å². The Labute approximate surface area is 125 Å². The first-order valence-electron chi connectivity index (χ1n) is 7.00. The zero-order valence-electron chi connectivity index (χ0n) is 12.8. The van der Waals surface area contributed by atoms with Crippen LogP contribution in [0.25, 0.3) is 0 Å². The van der Waals surface area contributed by atoms with Crippen LogP contribution in [-0.2, 0) is 4.79 Å². The van der Waals surface area contributed by atoms with Crippen LogP contribution in [-0.4, -0.2) is 50.7 Å². The van der Waals surface area contributed by atoms with Gasteiger partial charge in [0, 0.05) is 18.3 Å². The average molecular weight is 293 g/mol. The van der Waals surface area contributed by atoms with E-state index in [0.29, 0.717) is 23.8 Å². The second-order valence-electron chi connectivity index (χ2n) is 5.63. The molecule has 6 heteroatoms. The number of nitrogens with two attached hydrogens (primary N) is 1. The molecule has 0 aliphatic heterocycles. The SMILES string of the molecule is COc1cc(NC(=O)C2(N)CC2)ccc1OCCN(C)C. The number of benzene rings is 1. The van der Waals surface area contributed by atoms with Gasteiger partial charge in [-0.05, 0) is 39.1 Å². The highest BCUT2D eigenvalue weighted by Gasteiger charge is 2.45. The second kappa shape index (κ2) is 6.32. The van der Waals surface area contributed by atoms with Gasteiger partial charge in [-0.1, -0.05) is 0 Å². The van der Waals surface area contributed by atoms with Crippen molar-refractivity contribution in [3.05, 3.63) is 18.2 Å². The molecule has 0 saturated heterocycles. The van der Waals surface area contributed by atoms with Crippen LogP contribution in [0.15, 0.2) is 18.2 Å². The normalized spacial score (nSPS) is 15.7. The van der Waals surface area contributed by atoms with Crippen molar-refractivity contribution in [2.45, 2.75) is 18.4 Å². The number of nitrogens with one attached hydrogen (secondary N) is 1. The molecule has 21 heavy (non-hydrogen) atoms. The van der Waals surface area contributed by atoms with Crippen LogP contribution in [0, 0.1) is 0 Å². The highest BCUT2D eigenvalue weighted by Crippen LogP contribution is 2.35. The summed E-state index contributed by atoms with van der Waals surface area (Å²) in [7, 11) is 5.55. The first-order valence-corrected chi connectivity index (χ1v) is 7.00. The number of hydrogen-bond donors (Lipinski definition) is 2. The number of anilines is 1. The van der Waals surface area contributed by atoms with Gasteiger partial charge in [0.15, 0.2) is 11.5 Å². The minimum absolute atomic E-state index is 0.147. The van der Waals surface area contributed by atoms with Crippen LogP contribution in [0.3, 0.4) is 0 Å². The zero-order valence-corrected chi connectivity index (χ0v) is 12.8. The third-order valence-electron chi connectivity index (χ3n) is 3.46. The predicted octanol–water partition coefficient (Wildman–Crippen LogP) is 1.07. The number of nitrogens with zero attached hydrogens (tertiary/aromatic N) is 1. The van der Waals surface area contributed by atoms with Crippen molar-refractivity contribution in [3.63, 3.8) is 0 Å². The molecule has 0 atom stereocenters. The topological polar surface area (TPSA) is 76.8 Å². The predicted molar refractivity (Wildman–Crippen MR) is 81.8 cm³/mol. The summed E-state index contributed by atoms with van der Waals surface area (Å²) >= 11 is 0. The number of carbonyl (C=O) groups excluding carboxylic acids is 1. The van der Waals surface area contributed by atoms with Gasteiger partial charge in [-0.3, -0.25) is 4.79 Å². The van der Waals surface area contributed by atoms with Crippen LogP contribution < -0.4 is 20.5 Å². The molecule has 0 radical (unpaired) electrons. The third-order valence-corrected chi connectivity index (χ3v) is 3.46. The second-order valence-corrected chi connectivity index (χ2v) is 5.63. The first-order chi connectivity index (χ1) is 9.94. The molecule has 1 saturated carbocycles. The molecule has 116 valence electrons. The van der Waals surface area contributed by atoms with Crippen molar-refractivity contribution in [1.29, 1.82) is 0 Å². The average Bonchev–Trinajstić information content (AvgIpc) is 3.19. The lowest BCUT2D eigenvalue weighted by molar-refractivity contribution is -0.118. The maximum atomic E-state index is 11.9. The number of rotatable bonds is 7. The number of amides is 1. The Balaban J connectivity index is 2.00. The summed E-state index contributed by atoms with van der Waals surface area (Å²) in [6, 6.07) is 5.33. The van der Waals surface area contributed by atoms with Gasteiger partial charge in [-0.15, -0.1) is 0 Å². The van der Waals surface area contributed by atoms with E-state index in [-0.39, 0.29) is 5.91 Å². The lowest BCUT2D eigenvalue weighted by Crippen LogP contribution is -2.37. The van der Waals surface area contributed by atoms with Gasteiger partial charge < -0.3 is 25.4 Å². The molecule has 3 N–H and O–H groups in total. The molecule has 1 aromatic rings. The number of hydrogen-bond acceptors (Lipinski definition) is 5. The van der Waals surface area contributed by atoms with E-state index in [0.717, 1.165) is 19.4 Å². The Morgan fingerprint density at radius 2 is 2.10 bits per heavy atom. The van der Waals surface area contributed by atoms with Crippen LogP contribution in [0.5, 0.6) is 11.5 Å². The third kappa shape index (κ3) is 4.09. The number of methoxy groups -OCH3 is 1. The van der Waals surface area contributed by atoms with Crippen LogP contribution in [0.4, 0.5) is 5.69 Å². The summed E-state index contributed by atoms with van der Waals surface area (Å²) in [4.78, 5) is 14.0. The molecule has 1 amide bonds. The molecule has 0 heterocycles. The van der Waals surface area contributed by atoms with Gasteiger partial charge in [0.05, 0.1) is 12.6 Å². The van der Waals surface area contributed by atoms with E-state index in [4.69, 9.17) is 15.2 Å². The molecule has 0 spiro atoms. The van der Waals surface area contributed by atoms with Crippen molar-refractivity contribution in [3.8, 4) is 11.5 Å². The highest BCUT2D eigenvalue weighted by molar-refractivity contribution is 6.00. The summed E-state index contributed by atoms with van der Waals surface area (Å²) in [6.45, 7) is 1.39. The molecular weight excluding hydrogens is 270 g/mol. The van der Waals surface area contributed by atoms with Gasteiger partial charge in [-0.25, -0.2) is 0 Å². The monoisotopic (exact) mass is 293 g/mol. The van der Waals surface area contributed by atoms with E-state index < -0.39 is 5.54 Å². The van der Waals surface area contributed by atoms with Gasteiger partial charge in [-0.2, -0.15) is 0 Å². The number of likely N-dealkylation sites (N-methyl/N-ethyl adjacent to an activating group) is 1. The van der Waals surface area contributed by atoms with Crippen LogP contribution >= 0.6 is 0 Å². The lowest BCUT2D eigenvalue weighted by Gasteiger charge is -2.15. The van der Waals surface area contributed by atoms with Gasteiger partial charge in [0.1, 0.15) is 6.61 Å². The molecule has 1 aromatic carbocycles. The molecule has 0 bridgehead atoms. The largest absolute Gasteiger partial charge is 0.493 e. The lowest BCUT2D eigenvalue weighted by atomic mass is 10.2. The summed E-state index contributed by atoms with van der Waals surface area (Å²) in [5.74, 6) is 1.10.